The average Bonchev–Trinajstić information content (AvgIpc) is 2.58. The molecule has 0 saturated carbocycles. The molecule has 0 aliphatic rings. The molecule has 0 spiro atoms. The Morgan fingerprint density at radius 3 is 2.81 bits per heavy atom. The second kappa shape index (κ2) is 9.56. The number of nitrogens with zero attached hydrogens (tertiary/aromatic N) is 2. The normalized spacial score (nSPS) is 10.6. The van der Waals surface area contributed by atoms with Gasteiger partial charge in [0.05, 0.1) is 10.6 Å². The van der Waals surface area contributed by atoms with Crippen LogP contribution in [0.1, 0.15) is 31.5 Å². The van der Waals surface area contributed by atoms with Crippen LogP contribution in [0.2, 0.25) is 5.02 Å². The maximum atomic E-state index is 13.1. The molecule has 2 aromatic rings. The lowest BCUT2D eigenvalue weighted by Gasteiger charge is -2.09. The molecule has 1 aromatic heterocycles. The third-order valence-corrected chi connectivity index (χ3v) is 4.71. The number of carbonyl (C=O) groups is 1. The van der Waals surface area contributed by atoms with Gasteiger partial charge in [-0.25, -0.2) is 9.37 Å². The molecular formula is C19H19ClFN3OS. The number of aromatic nitrogens is 1. The summed E-state index contributed by atoms with van der Waals surface area (Å²) in [5.41, 5.74) is 1.89. The predicted octanol–water partition coefficient (Wildman–Crippen LogP) is 5.07. The maximum absolute atomic E-state index is 13.1. The van der Waals surface area contributed by atoms with Gasteiger partial charge < -0.3 is 5.32 Å². The lowest BCUT2D eigenvalue weighted by molar-refractivity contribution is -0.115. The Bertz CT molecular complexity index is 836. The van der Waals surface area contributed by atoms with Crippen LogP contribution in [0.3, 0.4) is 0 Å². The zero-order chi connectivity index (χ0) is 19.1. The molecule has 0 unspecified atom stereocenters. The van der Waals surface area contributed by atoms with Crippen LogP contribution in [-0.4, -0.2) is 16.6 Å². The minimum absolute atomic E-state index is 0.0398. The molecule has 2 rings (SSSR count). The van der Waals surface area contributed by atoms with E-state index in [9.17, 15) is 14.4 Å². The van der Waals surface area contributed by atoms with E-state index in [4.69, 9.17) is 11.6 Å². The van der Waals surface area contributed by atoms with Crippen LogP contribution in [-0.2, 0) is 11.2 Å². The third kappa shape index (κ3) is 6.01. The zero-order valence-corrected chi connectivity index (χ0v) is 16.1. The van der Waals surface area contributed by atoms with Crippen molar-refractivity contribution in [2.45, 2.75) is 31.7 Å². The van der Waals surface area contributed by atoms with Crippen LogP contribution in [0, 0.1) is 23.1 Å². The first kappa shape index (κ1) is 20.2. The second-order valence-electron chi connectivity index (χ2n) is 6.14. The molecule has 0 aliphatic carbocycles. The fraction of sp³-hybridized carbons (Fsp3) is 0.316. The molecule has 0 bridgehead atoms. The highest BCUT2D eigenvalue weighted by Gasteiger charge is 2.10. The van der Waals surface area contributed by atoms with Crippen molar-refractivity contribution >= 4 is 35.0 Å². The number of rotatable bonds is 7. The Labute approximate surface area is 161 Å². The van der Waals surface area contributed by atoms with Crippen molar-refractivity contribution in [3.05, 3.63) is 52.4 Å². The molecule has 7 heteroatoms. The van der Waals surface area contributed by atoms with E-state index in [1.165, 1.54) is 30.0 Å². The van der Waals surface area contributed by atoms with Crippen LogP contribution in [0.25, 0.3) is 0 Å². The van der Waals surface area contributed by atoms with E-state index in [-0.39, 0.29) is 17.4 Å². The number of nitrogens with one attached hydrogen (secondary N) is 1. The number of benzene rings is 1. The largest absolute Gasteiger partial charge is 0.326 e. The van der Waals surface area contributed by atoms with Gasteiger partial charge in [0, 0.05) is 23.6 Å². The van der Waals surface area contributed by atoms with Crippen LogP contribution >= 0.6 is 23.4 Å². The van der Waals surface area contributed by atoms with E-state index >= 15 is 0 Å². The Morgan fingerprint density at radius 2 is 2.15 bits per heavy atom. The van der Waals surface area contributed by atoms with Crippen LogP contribution < -0.4 is 5.32 Å². The van der Waals surface area contributed by atoms with E-state index in [2.05, 4.69) is 30.2 Å². The smallest absolute Gasteiger partial charge is 0.225 e. The third-order valence-electron chi connectivity index (χ3n) is 3.43. The van der Waals surface area contributed by atoms with E-state index in [1.807, 2.05) is 6.07 Å². The number of hydrogen-bond acceptors (Lipinski definition) is 4. The van der Waals surface area contributed by atoms with Crippen molar-refractivity contribution in [3.63, 3.8) is 0 Å². The molecule has 0 radical (unpaired) electrons. The summed E-state index contributed by atoms with van der Waals surface area (Å²) in [7, 11) is 0. The van der Waals surface area contributed by atoms with Gasteiger partial charge >= 0.3 is 0 Å². The van der Waals surface area contributed by atoms with Crippen LogP contribution in [0.15, 0.2) is 35.4 Å². The highest BCUT2D eigenvalue weighted by atomic mass is 35.5. The maximum Gasteiger partial charge on any atom is 0.225 e. The van der Waals surface area contributed by atoms with Crippen molar-refractivity contribution in [2.75, 3.05) is 11.1 Å². The summed E-state index contributed by atoms with van der Waals surface area (Å²) >= 11 is 7.07. The standard InChI is InChI=1S/C19H19ClFN3OS/c1-12(2)9-14-4-3-13(11-22)19(24-14)26-8-7-18(25)23-15-5-6-17(21)16(20)10-15/h3-6,10,12H,7-9H2,1-2H3,(H,23,25). The molecule has 136 valence electrons. The minimum atomic E-state index is -0.531. The van der Waals surface area contributed by atoms with Gasteiger partial charge in [0.2, 0.25) is 5.91 Å². The molecule has 1 aromatic carbocycles. The Hall–Kier alpha value is -2.10. The van der Waals surface area contributed by atoms with E-state index in [0.717, 1.165) is 12.1 Å². The lowest BCUT2D eigenvalue weighted by atomic mass is 10.1. The van der Waals surface area contributed by atoms with Crippen molar-refractivity contribution < 1.29 is 9.18 Å². The summed E-state index contributed by atoms with van der Waals surface area (Å²) in [6, 6.07) is 9.80. The number of nitriles is 1. The van der Waals surface area contributed by atoms with Crippen molar-refractivity contribution in [1.29, 1.82) is 5.26 Å². The minimum Gasteiger partial charge on any atom is -0.326 e. The van der Waals surface area contributed by atoms with Crippen molar-refractivity contribution in [3.8, 4) is 6.07 Å². The highest BCUT2D eigenvalue weighted by molar-refractivity contribution is 7.99. The van der Waals surface area contributed by atoms with Gasteiger partial charge in [-0.1, -0.05) is 25.4 Å². The zero-order valence-electron chi connectivity index (χ0n) is 14.6. The van der Waals surface area contributed by atoms with E-state index in [1.54, 1.807) is 6.07 Å². The van der Waals surface area contributed by atoms with E-state index in [0.29, 0.717) is 27.9 Å². The molecule has 0 saturated heterocycles. The second-order valence-corrected chi connectivity index (χ2v) is 7.63. The summed E-state index contributed by atoms with van der Waals surface area (Å²) in [5, 5.41) is 12.5. The number of halogens is 2. The lowest BCUT2D eigenvalue weighted by Crippen LogP contribution is -2.12. The molecule has 1 heterocycles. The highest BCUT2D eigenvalue weighted by Crippen LogP contribution is 2.23. The molecule has 26 heavy (non-hydrogen) atoms. The Kier molecular flexibility index (Phi) is 7.43. The SMILES string of the molecule is CC(C)Cc1ccc(C#N)c(SCCC(=O)Nc2ccc(F)c(Cl)c2)n1. The van der Waals surface area contributed by atoms with Crippen molar-refractivity contribution in [2.24, 2.45) is 5.92 Å². The fourth-order valence-electron chi connectivity index (χ4n) is 2.24. The fourth-order valence-corrected chi connectivity index (χ4v) is 3.36. The molecule has 0 aliphatic heterocycles. The number of carbonyl (C=O) groups excluding carboxylic acids is 1. The number of anilines is 1. The topological polar surface area (TPSA) is 65.8 Å². The first-order valence-corrected chi connectivity index (χ1v) is 9.53. The number of pyridine rings is 1. The van der Waals surface area contributed by atoms with Gasteiger partial charge in [0.1, 0.15) is 16.9 Å². The summed E-state index contributed by atoms with van der Waals surface area (Å²) in [4.78, 5) is 16.6. The quantitative estimate of drug-likeness (QED) is 0.669. The van der Waals surface area contributed by atoms with Gasteiger partial charge in [-0.05, 0) is 42.7 Å². The number of amides is 1. The van der Waals surface area contributed by atoms with Gasteiger partial charge in [-0.15, -0.1) is 11.8 Å². The first-order chi connectivity index (χ1) is 12.4. The molecule has 0 atom stereocenters. The predicted molar refractivity (Wildman–Crippen MR) is 103 cm³/mol. The van der Waals surface area contributed by atoms with Gasteiger partial charge in [-0.3, -0.25) is 4.79 Å². The van der Waals surface area contributed by atoms with Crippen LogP contribution in [0.4, 0.5) is 10.1 Å². The number of thioether (sulfide) groups is 1. The van der Waals surface area contributed by atoms with Crippen molar-refractivity contribution in [1.82, 2.24) is 4.98 Å². The average molecular weight is 392 g/mol. The summed E-state index contributed by atoms with van der Waals surface area (Å²) in [6.07, 6.45) is 1.08. The van der Waals surface area contributed by atoms with Gasteiger partial charge in [-0.2, -0.15) is 5.26 Å². The summed E-state index contributed by atoms with van der Waals surface area (Å²) in [6.45, 7) is 4.22. The Morgan fingerprint density at radius 1 is 1.38 bits per heavy atom. The monoisotopic (exact) mass is 391 g/mol. The van der Waals surface area contributed by atoms with E-state index < -0.39 is 5.82 Å². The van der Waals surface area contributed by atoms with Crippen LogP contribution in [0.5, 0.6) is 0 Å². The first-order valence-electron chi connectivity index (χ1n) is 8.16. The molecule has 0 fully saturated rings. The molecule has 1 amide bonds. The van der Waals surface area contributed by atoms with Gasteiger partial charge in [0.25, 0.3) is 0 Å². The summed E-state index contributed by atoms with van der Waals surface area (Å²) in [5.74, 6) is 0.211. The van der Waals surface area contributed by atoms with Gasteiger partial charge in [0.15, 0.2) is 0 Å². The number of hydrogen-bond donors (Lipinski definition) is 1. The Balaban J connectivity index is 1.92. The summed E-state index contributed by atoms with van der Waals surface area (Å²) < 4.78 is 13.1. The molecule has 1 N–H and O–H groups in total. The molecule has 4 nitrogen and oxygen atoms in total. The molecular weight excluding hydrogens is 373 g/mol.